The van der Waals surface area contributed by atoms with Crippen molar-refractivity contribution in [1.82, 2.24) is 4.57 Å². The largest absolute Gasteiger partial charge is 0.478 e. The van der Waals surface area contributed by atoms with Crippen LogP contribution in [-0.4, -0.2) is 38.3 Å². The first-order chi connectivity index (χ1) is 13.3. The summed E-state index contributed by atoms with van der Waals surface area (Å²) in [5.74, 6) is -4.48. The number of hydrogen-bond donors (Lipinski definition) is 2. The number of carboxylic acids is 2. The monoisotopic (exact) mass is 399 g/mol. The zero-order valence-corrected chi connectivity index (χ0v) is 15.1. The molecular weight excluding hydrogens is 386 g/mol. The maximum absolute atomic E-state index is 12.5. The van der Waals surface area contributed by atoms with E-state index in [1.807, 2.05) is 0 Å². The number of rotatable bonds is 7. The zero-order valence-electron chi connectivity index (χ0n) is 14.4. The lowest BCUT2D eigenvalue weighted by Crippen LogP contribution is -2.17. The number of carbonyl (C=O) groups excluding carboxylic acids is 2. The molecule has 0 saturated heterocycles. The summed E-state index contributed by atoms with van der Waals surface area (Å²) in [6.45, 7) is 0.345. The molecule has 0 atom stereocenters. The number of halogens is 1. The number of aromatic nitrogens is 1. The molecule has 1 aromatic heterocycles. The van der Waals surface area contributed by atoms with Crippen molar-refractivity contribution in [1.29, 1.82) is 0 Å². The fraction of sp³-hybridized carbons (Fsp3) is 0.100. The summed E-state index contributed by atoms with van der Waals surface area (Å²) in [6, 6.07) is 11.3. The lowest BCUT2D eigenvalue weighted by Gasteiger charge is -2.06. The normalized spacial score (nSPS) is 10.8. The van der Waals surface area contributed by atoms with Crippen molar-refractivity contribution in [3.8, 4) is 0 Å². The SMILES string of the molecule is O=C(O)C(=O)CC(=O)c1cn(Cc2ccc(C(=O)O)cc2)c2ccc(Cl)cc12. The van der Waals surface area contributed by atoms with Gasteiger partial charge in [-0.2, -0.15) is 0 Å². The van der Waals surface area contributed by atoms with E-state index in [0.29, 0.717) is 22.5 Å². The molecule has 0 amide bonds. The Kier molecular flexibility index (Phi) is 5.28. The molecule has 1 heterocycles. The highest BCUT2D eigenvalue weighted by Gasteiger charge is 2.21. The molecule has 2 N–H and O–H groups in total. The number of aromatic carboxylic acids is 1. The summed E-state index contributed by atoms with van der Waals surface area (Å²) < 4.78 is 1.76. The number of benzene rings is 2. The minimum Gasteiger partial charge on any atom is -0.478 e. The van der Waals surface area contributed by atoms with Crippen LogP contribution in [0.1, 0.15) is 32.7 Å². The number of carboxylic acid groups (broad SMARTS) is 2. The number of ketones is 2. The van der Waals surface area contributed by atoms with Gasteiger partial charge in [-0.15, -0.1) is 0 Å². The maximum atomic E-state index is 12.5. The van der Waals surface area contributed by atoms with Gasteiger partial charge in [0.2, 0.25) is 5.78 Å². The van der Waals surface area contributed by atoms with E-state index in [0.717, 1.165) is 5.56 Å². The summed E-state index contributed by atoms with van der Waals surface area (Å²) in [4.78, 5) is 45.6. The molecule has 2 aromatic carbocycles. The Hall–Kier alpha value is -3.45. The molecule has 0 fully saturated rings. The average molecular weight is 400 g/mol. The fourth-order valence-electron chi connectivity index (χ4n) is 2.89. The standard InChI is InChI=1S/C20H14ClNO6/c21-13-5-6-16-14(7-13)15(17(23)8-18(24)20(27)28)10-22(16)9-11-1-3-12(4-2-11)19(25)26/h1-7,10H,8-9H2,(H,25,26)(H,27,28). The Labute approximate surface area is 163 Å². The van der Waals surface area contributed by atoms with Crippen LogP contribution >= 0.6 is 11.6 Å². The van der Waals surface area contributed by atoms with Crippen molar-refractivity contribution in [2.75, 3.05) is 0 Å². The highest BCUT2D eigenvalue weighted by Crippen LogP contribution is 2.27. The highest BCUT2D eigenvalue weighted by molar-refractivity contribution is 6.38. The Bertz CT molecular complexity index is 1110. The molecule has 0 saturated carbocycles. The van der Waals surface area contributed by atoms with E-state index in [-0.39, 0.29) is 11.1 Å². The van der Waals surface area contributed by atoms with Crippen molar-refractivity contribution < 1.29 is 29.4 Å². The number of hydrogen-bond acceptors (Lipinski definition) is 4. The minimum absolute atomic E-state index is 0.163. The first-order valence-electron chi connectivity index (χ1n) is 8.16. The smallest absolute Gasteiger partial charge is 0.372 e. The Morgan fingerprint density at radius 2 is 1.64 bits per heavy atom. The zero-order chi connectivity index (χ0) is 20.4. The number of Topliss-reactive ketones (excluding diaryl/α,β-unsaturated/α-hetero) is 2. The first-order valence-corrected chi connectivity index (χ1v) is 8.54. The summed E-state index contributed by atoms with van der Waals surface area (Å²) in [6.07, 6.45) is 0.803. The van der Waals surface area contributed by atoms with Gasteiger partial charge in [-0.3, -0.25) is 9.59 Å². The molecule has 0 spiro atoms. The third kappa shape index (κ3) is 3.94. The van der Waals surface area contributed by atoms with Gasteiger partial charge < -0.3 is 14.8 Å². The third-order valence-electron chi connectivity index (χ3n) is 4.26. The van der Waals surface area contributed by atoms with Crippen LogP contribution < -0.4 is 0 Å². The van der Waals surface area contributed by atoms with Crippen LogP contribution in [0.2, 0.25) is 5.02 Å². The van der Waals surface area contributed by atoms with E-state index in [2.05, 4.69) is 0 Å². The van der Waals surface area contributed by atoms with Crippen LogP contribution in [-0.2, 0) is 16.1 Å². The predicted molar refractivity (Wildman–Crippen MR) is 101 cm³/mol. The van der Waals surface area contributed by atoms with Gasteiger partial charge >= 0.3 is 11.9 Å². The molecule has 3 rings (SSSR count). The van der Waals surface area contributed by atoms with Crippen LogP contribution in [0.25, 0.3) is 10.9 Å². The predicted octanol–water partition coefficient (Wildman–Crippen LogP) is 3.27. The summed E-state index contributed by atoms with van der Waals surface area (Å²) >= 11 is 6.03. The minimum atomic E-state index is -1.66. The summed E-state index contributed by atoms with van der Waals surface area (Å²) in [5.41, 5.74) is 1.85. The quantitative estimate of drug-likeness (QED) is 0.358. The Morgan fingerprint density at radius 1 is 0.964 bits per heavy atom. The van der Waals surface area contributed by atoms with Gasteiger partial charge in [0.1, 0.15) is 0 Å². The van der Waals surface area contributed by atoms with Crippen molar-refractivity contribution in [3.05, 3.63) is 70.4 Å². The van der Waals surface area contributed by atoms with Gasteiger partial charge in [0, 0.05) is 34.2 Å². The molecular formula is C20H14ClNO6. The van der Waals surface area contributed by atoms with E-state index in [1.54, 1.807) is 41.1 Å². The number of carbonyl (C=O) groups is 4. The number of nitrogens with zero attached hydrogens (tertiary/aromatic N) is 1. The molecule has 0 aliphatic heterocycles. The van der Waals surface area contributed by atoms with Crippen molar-refractivity contribution >= 4 is 46.0 Å². The lowest BCUT2D eigenvalue weighted by atomic mass is 10.1. The molecule has 0 unspecified atom stereocenters. The van der Waals surface area contributed by atoms with Gasteiger partial charge in [0.05, 0.1) is 12.0 Å². The second kappa shape index (κ2) is 7.66. The molecule has 0 aliphatic rings. The molecule has 3 aromatic rings. The first kappa shape index (κ1) is 19.3. The Morgan fingerprint density at radius 3 is 2.25 bits per heavy atom. The van der Waals surface area contributed by atoms with Gasteiger partial charge in [0.25, 0.3) is 0 Å². The van der Waals surface area contributed by atoms with Crippen molar-refractivity contribution in [2.24, 2.45) is 0 Å². The molecule has 142 valence electrons. The molecule has 8 heteroatoms. The third-order valence-corrected chi connectivity index (χ3v) is 4.49. The molecule has 7 nitrogen and oxygen atoms in total. The Balaban J connectivity index is 1.99. The van der Waals surface area contributed by atoms with Gasteiger partial charge in [-0.1, -0.05) is 23.7 Å². The van der Waals surface area contributed by atoms with Gasteiger partial charge in [-0.05, 0) is 35.9 Å². The van der Waals surface area contributed by atoms with Crippen LogP contribution in [0, 0.1) is 0 Å². The number of aliphatic carboxylic acids is 1. The molecule has 0 radical (unpaired) electrons. The lowest BCUT2D eigenvalue weighted by molar-refractivity contribution is -0.148. The van der Waals surface area contributed by atoms with E-state index in [4.69, 9.17) is 21.8 Å². The van der Waals surface area contributed by atoms with Crippen LogP contribution in [0.3, 0.4) is 0 Å². The fourth-order valence-corrected chi connectivity index (χ4v) is 3.06. The van der Waals surface area contributed by atoms with Gasteiger partial charge in [-0.25, -0.2) is 9.59 Å². The second-order valence-corrected chi connectivity index (χ2v) is 6.60. The van der Waals surface area contributed by atoms with Crippen molar-refractivity contribution in [2.45, 2.75) is 13.0 Å². The summed E-state index contributed by atoms with van der Waals surface area (Å²) in [5, 5.41) is 18.6. The van der Waals surface area contributed by atoms with Crippen molar-refractivity contribution in [3.63, 3.8) is 0 Å². The number of fused-ring (bicyclic) bond motifs is 1. The van der Waals surface area contributed by atoms with Crippen LogP contribution in [0.4, 0.5) is 0 Å². The van der Waals surface area contributed by atoms with Crippen LogP contribution in [0.5, 0.6) is 0 Å². The van der Waals surface area contributed by atoms with E-state index in [9.17, 15) is 19.2 Å². The maximum Gasteiger partial charge on any atom is 0.372 e. The van der Waals surface area contributed by atoms with E-state index in [1.165, 1.54) is 12.1 Å². The van der Waals surface area contributed by atoms with Gasteiger partial charge in [0.15, 0.2) is 5.78 Å². The molecule has 0 aliphatic carbocycles. The molecule has 28 heavy (non-hydrogen) atoms. The second-order valence-electron chi connectivity index (χ2n) is 6.16. The average Bonchev–Trinajstić information content (AvgIpc) is 2.99. The highest BCUT2D eigenvalue weighted by atomic mass is 35.5. The molecule has 0 bridgehead atoms. The van der Waals surface area contributed by atoms with E-state index < -0.39 is 29.9 Å². The van der Waals surface area contributed by atoms with Crippen LogP contribution in [0.15, 0.2) is 48.7 Å². The summed E-state index contributed by atoms with van der Waals surface area (Å²) in [7, 11) is 0. The van der Waals surface area contributed by atoms with E-state index >= 15 is 0 Å². The topological polar surface area (TPSA) is 114 Å².